The molecule has 2 rings (SSSR count). The lowest BCUT2D eigenvalue weighted by Crippen LogP contribution is -2.17. The highest BCUT2D eigenvalue weighted by atomic mass is 127. The summed E-state index contributed by atoms with van der Waals surface area (Å²) in [4.78, 5) is 2.10. The van der Waals surface area contributed by atoms with Gasteiger partial charge < -0.3 is 14.4 Å². The number of ether oxygens (including phenoxy) is 2. The van der Waals surface area contributed by atoms with Crippen LogP contribution in [0.2, 0.25) is 0 Å². The maximum atomic E-state index is 5.57. The van der Waals surface area contributed by atoms with Gasteiger partial charge in [0.05, 0.1) is 6.61 Å². The summed E-state index contributed by atoms with van der Waals surface area (Å²) in [6.45, 7) is 5.25. The van der Waals surface area contributed by atoms with Gasteiger partial charge in [-0.3, -0.25) is 0 Å². The van der Waals surface area contributed by atoms with Crippen molar-refractivity contribution < 1.29 is 9.47 Å². The van der Waals surface area contributed by atoms with Gasteiger partial charge in [-0.2, -0.15) is 0 Å². The number of allylic oxidation sites excluding steroid dienone is 3. The molecule has 0 bridgehead atoms. The quantitative estimate of drug-likeness (QED) is 0.570. The molecule has 20 heavy (non-hydrogen) atoms. The fourth-order valence-electron chi connectivity index (χ4n) is 1.92. The van der Waals surface area contributed by atoms with E-state index in [1.54, 1.807) is 7.11 Å². The van der Waals surface area contributed by atoms with Crippen molar-refractivity contribution in [3.63, 3.8) is 0 Å². The molecule has 0 N–H and O–H groups in total. The van der Waals surface area contributed by atoms with Crippen molar-refractivity contribution >= 4 is 28.3 Å². The highest BCUT2D eigenvalue weighted by Gasteiger charge is 2.15. The van der Waals surface area contributed by atoms with E-state index in [0.717, 1.165) is 26.3 Å². The molecule has 1 aromatic carbocycles. The lowest BCUT2D eigenvalue weighted by atomic mass is 10.1. The first-order valence-corrected chi connectivity index (χ1v) is 7.44. The fourth-order valence-corrected chi connectivity index (χ4v) is 2.46. The summed E-state index contributed by atoms with van der Waals surface area (Å²) < 4.78 is 11.7. The van der Waals surface area contributed by atoms with Gasteiger partial charge in [0.2, 0.25) is 0 Å². The van der Waals surface area contributed by atoms with Gasteiger partial charge in [0.1, 0.15) is 12.4 Å². The molecular weight excluding hydrogens is 365 g/mol. The van der Waals surface area contributed by atoms with E-state index in [0.29, 0.717) is 13.2 Å². The minimum absolute atomic E-state index is 0.566. The summed E-state index contributed by atoms with van der Waals surface area (Å²) in [5, 5.41) is 0. The topological polar surface area (TPSA) is 21.7 Å². The van der Waals surface area contributed by atoms with Crippen molar-refractivity contribution in [2.75, 3.05) is 27.4 Å². The monoisotopic (exact) mass is 383 g/mol. The molecule has 1 aromatic rings. The third-order valence-electron chi connectivity index (χ3n) is 3.14. The zero-order valence-electron chi connectivity index (χ0n) is 11.7. The van der Waals surface area contributed by atoms with E-state index in [1.165, 1.54) is 0 Å². The van der Waals surface area contributed by atoms with Gasteiger partial charge in [-0.15, -0.1) is 0 Å². The predicted octanol–water partition coefficient (Wildman–Crippen LogP) is 3.83. The van der Waals surface area contributed by atoms with Gasteiger partial charge in [-0.1, -0.05) is 6.58 Å². The third-order valence-corrected chi connectivity index (χ3v) is 4.12. The van der Waals surface area contributed by atoms with E-state index in [-0.39, 0.29) is 0 Å². The van der Waals surface area contributed by atoms with E-state index >= 15 is 0 Å². The van der Waals surface area contributed by atoms with Gasteiger partial charge in [0.15, 0.2) is 0 Å². The van der Waals surface area contributed by atoms with Crippen molar-refractivity contribution in [2.24, 2.45) is 0 Å². The minimum Gasteiger partial charge on any atom is -0.491 e. The van der Waals surface area contributed by atoms with Crippen LogP contribution >= 0.6 is 22.6 Å². The number of hydrogen-bond donors (Lipinski definition) is 0. The van der Waals surface area contributed by atoms with Crippen LogP contribution in [-0.2, 0) is 4.74 Å². The Bertz CT molecular complexity index is 546. The van der Waals surface area contributed by atoms with Crippen LogP contribution in [0.3, 0.4) is 0 Å². The third kappa shape index (κ3) is 3.43. The summed E-state index contributed by atoms with van der Waals surface area (Å²) in [7, 11) is 3.70. The molecule has 1 aliphatic rings. The molecule has 1 heterocycles. The van der Waals surface area contributed by atoms with Gasteiger partial charge in [0, 0.05) is 29.1 Å². The van der Waals surface area contributed by atoms with Crippen LogP contribution in [0.4, 0.5) is 0 Å². The number of likely N-dealkylation sites (N-methyl/N-ethyl adjacent to an activating group) is 1. The second kappa shape index (κ2) is 6.95. The van der Waals surface area contributed by atoms with Crippen LogP contribution in [-0.4, -0.2) is 32.3 Å². The first-order valence-electron chi connectivity index (χ1n) is 6.36. The van der Waals surface area contributed by atoms with Crippen LogP contribution in [0.1, 0.15) is 5.56 Å². The van der Waals surface area contributed by atoms with Gasteiger partial charge in [0.25, 0.3) is 0 Å². The lowest BCUT2D eigenvalue weighted by molar-refractivity contribution is 0.146. The predicted molar refractivity (Wildman–Crippen MR) is 90.8 cm³/mol. The van der Waals surface area contributed by atoms with E-state index in [4.69, 9.17) is 9.47 Å². The number of methoxy groups -OCH3 is 1. The highest BCUT2D eigenvalue weighted by molar-refractivity contribution is 14.1. The van der Waals surface area contributed by atoms with Crippen LogP contribution in [0.5, 0.6) is 5.75 Å². The summed E-state index contributed by atoms with van der Waals surface area (Å²) in [5.41, 5.74) is 3.30. The molecule has 0 radical (unpaired) electrons. The van der Waals surface area contributed by atoms with Crippen molar-refractivity contribution in [3.8, 4) is 5.75 Å². The first-order chi connectivity index (χ1) is 9.63. The zero-order chi connectivity index (χ0) is 14.5. The number of rotatable bonds is 5. The van der Waals surface area contributed by atoms with Crippen molar-refractivity contribution in [2.45, 2.75) is 0 Å². The van der Waals surface area contributed by atoms with E-state index in [2.05, 4.69) is 58.4 Å². The molecule has 1 aliphatic heterocycles. The maximum Gasteiger partial charge on any atom is 0.119 e. The van der Waals surface area contributed by atoms with Crippen molar-refractivity contribution in [1.82, 2.24) is 4.90 Å². The molecule has 0 amide bonds. The number of nitrogens with zero attached hydrogens (tertiary/aromatic N) is 1. The van der Waals surface area contributed by atoms with Gasteiger partial charge in [-0.25, -0.2) is 0 Å². The van der Waals surface area contributed by atoms with E-state index < -0.39 is 0 Å². The Balaban J connectivity index is 2.12. The summed E-state index contributed by atoms with van der Waals surface area (Å²) >= 11 is 2.29. The molecule has 0 aliphatic carbocycles. The maximum absolute atomic E-state index is 5.57. The number of hydrogen-bond acceptors (Lipinski definition) is 3. The number of halogens is 1. The first kappa shape index (κ1) is 15.1. The molecule has 4 heteroatoms. The average Bonchev–Trinajstić information content (AvgIpc) is 2.46. The molecule has 0 saturated heterocycles. The largest absolute Gasteiger partial charge is 0.491 e. The summed E-state index contributed by atoms with van der Waals surface area (Å²) in [6.07, 6.45) is 4.19. The van der Waals surface area contributed by atoms with Crippen molar-refractivity contribution in [3.05, 3.63) is 57.8 Å². The minimum atomic E-state index is 0.566. The Morgan fingerprint density at radius 1 is 1.15 bits per heavy atom. The van der Waals surface area contributed by atoms with Gasteiger partial charge >= 0.3 is 0 Å². The normalized spacial score (nSPS) is 14.9. The summed E-state index contributed by atoms with van der Waals surface area (Å²) in [5.74, 6) is 0.855. The molecule has 106 valence electrons. The van der Waals surface area contributed by atoms with E-state index in [9.17, 15) is 0 Å². The highest BCUT2D eigenvalue weighted by Crippen LogP contribution is 2.32. The Morgan fingerprint density at radius 2 is 1.85 bits per heavy atom. The van der Waals surface area contributed by atoms with Crippen LogP contribution < -0.4 is 4.74 Å². The molecule has 0 aromatic heterocycles. The molecule has 3 nitrogen and oxygen atoms in total. The van der Waals surface area contributed by atoms with Crippen LogP contribution in [0.25, 0.3) is 5.70 Å². The summed E-state index contributed by atoms with van der Waals surface area (Å²) in [6, 6.07) is 8.07. The molecule has 0 fully saturated rings. The SMILES string of the molecule is C=C1C(I)=CC=C(c2ccc(OCCOC)cc2)N1C. The molecular formula is C16H18INO2. The lowest BCUT2D eigenvalue weighted by Gasteiger charge is -2.27. The molecule has 0 spiro atoms. The fraction of sp³-hybridized carbons (Fsp3) is 0.250. The second-order valence-electron chi connectivity index (χ2n) is 4.44. The Labute approximate surface area is 133 Å². The van der Waals surface area contributed by atoms with Gasteiger partial charge in [-0.05, 0) is 64.6 Å². The smallest absolute Gasteiger partial charge is 0.119 e. The molecule has 0 unspecified atom stereocenters. The molecule has 0 atom stereocenters. The van der Waals surface area contributed by atoms with Crippen LogP contribution in [0.15, 0.2) is 52.3 Å². The zero-order valence-corrected chi connectivity index (χ0v) is 13.9. The number of benzene rings is 1. The Hall–Kier alpha value is -1.27. The Morgan fingerprint density at radius 3 is 2.50 bits per heavy atom. The average molecular weight is 383 g/mol. The molecule has 0 saturated carbocycles. The van der Waals surface area contributed by atoms with Crippen LogP contribution in [0, 0.1) is 0 Å². The van der Waals surface area contributed by atoms with E-state index in [1.807, 2.05) is 19.2 Å². The standard InChI is InChI=1S/C16H18INO2/c1-12-15(17)8-9-16(18(12)2)13-4-6-14(7-5-13)20-11-10-19-3/h4-9H,1,10-11H2,2-3H3. The Kier molecular flexibility index (Phi) is 5.25. The second-order valence-corrected chi connectivity index (χ2v) is 5.60. The van der Waals surface area contributed by atoms with Crippen molar-refractivity contribution in [1.29, 1.82) is 0 Å².